The van der Waals surface area contributed by atoms with Gasteiger partial charge in [0, 0.05) is 33.8 Å². The Labute approximate surface area is 140 Å². The molecule has 3 nitrogen and oxygen atoms in total. The molecule has 0 spiro atoms. The van der Waals surface area contributed by atoms with Crippen LogP contribution in [0.5, 0.6) is 0 Å². The van der Waals surface area contributed by atoms with E-state index in [9.17, 15) is 9.59 Å². The molecule has 0 amide bonds. The molecule has 0 aliphatic carbocycles. The summed E-state index contributed by atoms with van der Waals surface area (Å²) in [5.41, 5.74) is 8.05. The third kappa shape index (κ3) is 4.58. The van der Waals surface area contributed by atoms with Crippen LogP contribution in [-0.4, -0.2) is 12.1 Å². The van der Waals surface area contributed by atoms with Crippen molar-refractivity contribution in [2.75, 3.05) is 0 Å². The SMILES string of the molecule is C=C(C)/C(=C\N)C(=O)/C=C(\C=O)Cc1cc(Cl)c(C)c(Cl)c1. The number of benzene rings is 1. The summed E-state index contributed by atoms with van der Waals surface area (Å²) in [6.45, 7) is 7.15. The largest absolute Gasteiger partial charge is 0.404 e. The minimum absolute atomic E-state index is 0.253. The van der Waals surface area contributed by atoms with Crippen molar-refractivity contribution in [2.45, 2.75) is 20.3 Å². The van der Waals surface area contributed by atoms with Crippen LogP contribution in [0.25, 0.3) is 0 Å². The Balaban J connectivity index is 3.08. The predicted molar refractivity (Wildman–Crippen MR) is 91.1 cm³/mol. The molecule has 1 rings (SSSR count). The second-order valence-corrected chi connectivity index (χ2v) is 5.74. The highest BCUT2D eigenvalue weighted by atomic mass is 35.5. The maximum absolute atomic E-state index is 12.1. The van der Waals surface area contributed by atoms with Gasteiger partial charge in [-0.25, -0.2) is 0 Å². The summed E-state index contributed by atoms with van der Waals surface area (Å²) in [6, 6.07) is 3.45. The molecule has 0 saturated carbocycles. The second kappa shape index (κ2) is 7.97. The summed E-state index contributed by atoms with van der Waals surface area (Å²) in [4.78, 5) is 23.3. The van der Waals surface area contributed by atoms with Crippen LogP contribution in [-0.2, 0) is 16.0 Å². The van der Waals surface area contributed by atoms with Crippen LogP contribution in [0.3, 0.4) is 0 Å². The Morgan fingerprint density at radius 1 is 1.32 bits per heavy atom. The van der Waals surface area contributed by atoms with Crippen LogP contribution in [0.4, 0.5) is 0 Å². The molecule has 0 fully saturated rings. The van der Waals surface area contributed by atoms with Gasteiger partial charge in [-0.1, -0.05) is 29.8 Å². The van der Waals surface area contributed by atoms with Crippen LogP contribution in [0, 0.1) is 6.92 Å². The first kappa shape index (κ1) is 18.2. The van der Waals surface area contributed by atoms with E-state index in [0.29, 0.717) is 27.5 Å². The minimum atomic E-state index is -0.360. The summed E-state index contributed by atoms with van der Waals surface area (Å²) in [7, 11) is 0. The van der Waals surface area contributed by atoms with Crippen LogP contribution in [0.15, 0.2) is 47.7 Å². The zero-order valence-electron chi connectivity index (χ0n) is 12.5. The monoisotopic (exact) mass is 337 g/mol. The van der Waals surface area contributed by atoms with Gasteiger partial charge < -0.3 is 5.73 Å². The summed E-state index contributed by atoms with van der Waals surface area (Å²) < 4.78 is 0. The topological polar surface area (TPSA) is 60.2 Å². The molecule has 0 bridgehead atoms. The molecular weight excluding hydrogens is 321 g/mol. The molecule has 0 aliphatic rings. The lowest BCUT2D eigenvalue weighted by Gasteiger charge is -2.07. The standard InChI is InChI=1S/C17H17Cl2NO2/c1-10(2)14(8-20)17(22)7-13(9-21)4-12-5-15(18)11(3)16(19)6-12/h5-9H,1,4,20H2,2-3H3/b13-7-,14-8+. The molecular formula is C17H17Cl2NO2. The number of ketones is 1. The number of hydrogen-bond donors (Lipinski definition) is 1. The number of carbonyl (C=O) groups excluding carboxylic acids is 2. The third-order valence-corrected chi connectivity index (χ3v) is 3.89. The Morgan fingerprint density at radius 3 is 2.27 bits per heavy atom. The lowest BCUT2D eigenvalue weighted by Crippen LogP contribution is -2.05. The predicted octanol–water partition coefficient (Wildman–Crippen LogP) is 3.96. The zero-order chi connectivity index (χ0) is 16.9. The lowest BCUT2D eigenvalue weighted by molar-refractivity contribution is -0.111. The molecule has 0 saturated heterocycles. The van der Waals surface area contributed by atoms with E-state index >= 15 is 0 Å². The highest BCUT2D eigenvalue weighted by molar-refractivity contribution is 6.36. The van der Waals surface area contributed by atoms with Crippen molar-refractivity contribution in [2.24, 2.45) is 5.73 Å². The molecule has 116 valence electrons. The molecule has 1 aromatic carbocycles. The van der Waals surface area contributed by atoms with Gasteiger partial charge in [0.1, 0.15) is 6.29 Å². The fourth-order valence-corrected chi connectivity index (χ4v) is 2.38. The molecule has 22 heavy (non-hydrogen) atoms. The molecule has 2 N–H and O–H groups in total. The molecule has 1 aromatic rings. The lowest BCUT2D eigenvalue weighted by atomic mass is 10.00. The van der Waals surface area contributed by atoms with Crippen molar-refractivity contribution in [1.82, 2.24) is 0 Å². The van der Waals surface area contributed by atoms with E-state index in [1.54, 1.807) is 26.0 Å². The van der Waals surface area contributed by atoms with E-state index in [1.165, 1.54) is 12.3 Å². The number of halogens is 2. The first-order valence-corrected chi connectivity index (χ1v) is 7.28. The maximum atomic E-state index is 12.1. The Hall–Kier alpha value is -1.84. The highest BCUT2D eigenvalue weighted by Gasteiger charge is 2.10. The highest BCUT2D eigenvalue weighted by Crippen LogP contribution is 2.26. The van der Waals surface area contributed by atoms with Crippen molar-refractivity contribution < 1.29 is 9.59 Å². The van der Waals surface area contributed by atoms with Crippen LogP contribution in [0.1, 0.15) is 18.1 Å². The van der Waals surface area contributed by atoms with Gasteiger partial charge in [0.2, 0.25) is 0 Å². The van der Waals surface area contributed by atoms with Gasteiger partial charge in [-0.3, -0.25) is 9.59 Å². The summed E-state index contributed by atoms with van der Waals surface area (Å²) in [6.07, 6.45) is 3.32. The van der Waals surface area contributed by atoms with Gasteiger partial charge in [0.15, 0.2) is 5.78 Å². The van der Waals surface area contributed by atoms with Crippen LogP contribution < -0.4 is 5.73 Å². The fourth-order valence-electron chi connectivity index (χ4n) is 1.84. The maximum Gasteiger partial charge on any atom is 0.187 e. The average molecular weight is 338 g/mol. The van der Waals surface area contributed by atoms with Gasteiger partial charge in [0.05, 0.1) is 0 Å². The molecule has 5 heteroatoms. The van der Waals surface area contributed by atoms with Gasteiger partial charge >= 0.3 is 0 Å². The van der Waals surface area contributed by atoms with Crippen molar-refractivity contribution in [1.29, 1.82) is 0 Å². The van der Waals surface area contributed by atoms with Crippen molar-refractivity contribution >= 4 is 35.3 Å². The van der Waals surface area contributed by atoms with Gasteiger partial charge in [0.25, 0.3) is 0 Å². The second-order valence-electron chi connectivity index (χ2n) is 4.92. The van der Waals surface area contributed by atoms with E-state index < -0.39 is 0 Å². The summed E-state index contributed by atoms with van der Waals surface area (Å²) in [5.74, 6) is -0.360. The normalized spacial score (nSPS) is 12.2. The first-order valence-electron chi connectivity index (χ1n) is 6.52. The molecule has 0 aliphatic heterocycles. The van der Waals surface area contributed by atoms with Gasteiger partial charge in [-0.05, 0) is 48.8 Å². The summed E-state index contributed by atoms with van der Waals surface area (Å²) >= 11 is 12.1. The van der Waals surface area contributed by atoms with Crippen LogP contribution in [0.2, 0.25) is 10.0 Å². The van der Waals surface area contributed by atoms with E-state index in [0.717, 1.165) is 11.1 Å². The van der Waals surface area contributed by atoms with Crippen LogP contribution >= 0.6 is 23.2 Å². The molecule has 0 unspecified atom stereocenters. The third-order valence-electron chi connectivity index (χ3n) is 3.11. The number of hydrogen-bond acceptors (Lipinski definition) is 3. The molecule has 0 atom stereocenters. The Morgan fingerprint density at radius 2 is 1.86 bits per heavy atom. The summed E-state index contributed by atoms with van der Waals surface area (Å²) in [5, 5.41) is 1.03. The zero-order valence-corrected chi connectivity index (χ0v) is 14.0. The van der Waals surface area contributed by atoms with Crippen molar-refractivity contribution in [3.8, 4) is 0 Å². The van der Waals surface area contributed by atoms with Gasteiger partial charge in [-0.15, -0.1) is 0 Å². The number of rotatable bonds is 6. The van der Waals surface area contributed by atoms with E-state index in [1.807, 2.05) is 0 Å². The Bertz CT molecular complexity index is 665. The number of nitrogens with two attached hydrogens (primary N) is 1. The van der Waals surface area contributed by atoms with E-state index in [-0.39, 0.29) is 17.8 Å². The number of carbonyl (C=O) groups is 2. The number of aldehydes is 1. The quantitative estimate of drug-likeness (QED) is 0.485. The fraction of sp³-hybridized carbons (Fsp3) is 0.176. The average Bonchev–Trinajstić information content (AvgIpc) is 2.44. The smallest absolute Gasteiger partial charge is 0.187 e. The minimum Gasteiger partial charge on any atom is -0.404 e. The first-order chi connectivity index (χ1) is 10.3. The van der Waals surface area contributed by atoms with Gasteiger partial charge in [-0.2, -0.15) is 0 Å². The van der Waals surface area contributed by atoms with Crippen molar-refractivity contribution in [3.63, 3.8) is 0 Å². The van der Waals surface area contributed by atoms with Crippen molar-refractivity contribution in [3.05, 3.63) is 68.9 Å². The molecule has 0 aromatic heterocycles. The van der Waals surface area contributed by atoms with E-state index in [4.69, 9.17) is 28.9 Å². The number of allylic oxidation sites excluding steroid dienone is 4. The van der Waals surface area contributed by atoms with E-state index in [2.05, 4.69) is 6.58 Å². The Kier molecular flexibility index (Phi) is 6.60. The molecule has 0 heterocycles. The molecule has 0 radical (unpaired) electrons.